The number of carbonyl (C=O) groups excluding carboxylic acids is 2. The fraction of sp³-hybridized carbons (Fsp3) is 0.905. The molecule has 1 unspecified atom stereocenters. The molecule has 0 saturated carbocycles. The van der Waals surface area contributed by atoms with Crippen LogP contribution in [-0.4, -0.2) is 104 Å². The molecule has 0 amide bonds. The SMILES string of the molecule is CCCS(=O)CCSCSCSCCSC(=O)CCSCSCSCCC(=O)OCSCCSCO. The molecule has 0 rings (SSSR count). The second-order valence-electron chi connectivity index (χ2n) is 6.66. The number of ether oxygens (including phenoxy) is 1. The minimum Gasteiger partial charge on any atom is -0.455 e. The van der Waals surface area contributed by atoms with E-state index in [9.17, 15) is 13.8 Å². The fourth-order valence-corrected chi connectivity index (χ4v) is 12.9. The number of thioether (sulfide) groups is 9. The van der Waals surface area contributed by atoms with Crippen LogP contribution in [0.25, 0.3) is 0 Å². The second-order valence-corrected chi connectivity index (χ2v) is 19.5. The molecule has 0 aliphatic rings. The molecule has 5 nitrogen and oxygen atoms in total. The zero-order valence-corrected chi connectivity index (χ0v) is 29.1. The van der Waals surface area contributed by atoms with Gasteiger partial charge in [-0.15, -0.1) is 47.0 Å². The van der Waals surface area contributed by atoms with Gasteiger partial charge in [-0.3, -0.25) is 13.8 Å². The average molecular weight is 693 g/mol. The highest BCUT2D eigenvalue weighted by Crippen LogP contribution is 2.21. The van der Waals surface area contributed by atoms with Crippen LogP contribution in [0.1, 0.15) is 26.2 Å². The third-order valence-corrected chi connectivity index (χ3v) is 15.7. The number of aliphatic hydroxyl groups is 1. The van der Waals surface area contributed by atoms with Gasteiger partial charge in [-0.1, -0.05) is 18.7 Å². The van der Waals surface area contributed by atoms with E-state index < -0.39 is 10.8 Å². The molecule has 0 aromatic heterocycles. The molecular formula is C21H40O5S10. The van der Waals surface area contributed by atoms with E-state index in [0.717, 1.165) is 78.5 Å². The van der Waals surface area contributed by atoms with Gasteiger partial charge in [0.2, 0.25) is 0 Å². The summed E-state index contributed by atoms with van der Waals surface area (Å²) in [6, 6.07) is 0. The van der Waals surface area contributed by atoms with Crippen molar-refractivity contribution in [1.29, 1.82) is 0 Å². The zero-order chi connectivity index (χ0) is 26.5. The lowest BCUT2D eigenvalue weighted by molar-refractivity contribution is -0.140. The Labute approximate surface area is 259 Å². The number of hydrogen-bond donors (Lipinski definition) is 1. The van der Waals surface area contributed by atoms with Gasteiger partial charge >= 0.3 is 5.97 Å². The van der Waals surface area contributed by atoms with Crippen molar-refractivity contribution in [2.75, 3.05) is 84.0 Å². The van der Waals surface area contributed by atoms with Crippen molar-refractivity contribution in [3.05, 3.63) is 0 Å². The Hall–Kier alpha value is 2.40. The van der Waals surface area contributed by atoms with Crippen LogP contribution in [0, 0.1) is 0 Å². The molecule has 0 saturated heterocycles. The van der Waals surface area contributed by atoms with Crippen molar-refractivity contribution >= 4 is 128 Å². The van der Waals surface area contributed by atoms with Crippen molar-refractivity contribution in [3.63, 3.8) is 0 Å². The molecular weight excluding hydrogens is 653 g/mol. The quantitative estimate of drug-likeness (QED) is 0.0564. The predicted molar refractivity (Wildman–Crippen MR) is 182 cm³/mol. The van der Waals surface area contributed by atoms with Gasteiger partial charge in [0, 0.05) is 89.3 Å². The minimum absolute atomic E-state index is 0.136. The van der Waals surface area contributed by atoms with Crippen LogP contribution in [0.4, 0.5) is 0 Å². The third-order valence-electron chi connectivity index (χ3n) is 3.71. The molecule has 0 radical (unpaired) electrons. The van der Waals surface area contributed by atoms with Crippen LogP contribution in [0.2, 0.25) is 0 Å². The normalized spacial score (nSPS) is 12.1. The molecule has 214 valence electrons. The van der Waals surface area contributed by atoms with Crippen LogP contribution in [-0.2, 0) is 25.1 Å². The molecule has 0 aliphatic carbocycles. The monoisotopic (exact) mass is 692 g/mol. The van der Waals surface area contributed by atoms with Crippen LogP contribution in [0.3, 0.4) is 0 Å². The van der Waals surface area contributed by atoms with Gasteiger partial charge in [0.1, 0.15) is 5.94 Å². The molecule has 1 N–H and O–H groups in total. The molecule has 0 heterocycles. The first-order valence-electron chi connectivity index (χ1n) is 11.5. The lowest BCUT2D eigenvalue weighted by Gasteiger charge is -2.05. The van der Waals surface area contributed by atoms with Gasteiger partial charge in [-0.25, -0.2) is 0 Å². The van der Waals surface area contributed by atoms with Crippen LogP contribution in [0.5, 0.6) is 0 Å². The van der Waals surface area contributed by atoms with Gasteiger partial charge in [0.25, 0.3) is 0 Å². The van der Waals surface area contributed by atoms with E-state index in [4.69, 9.17) is 9.84 Å². The molecule has 0 fully saturated rings. The van der Waals surface area contributed by atoms with Gasteiger partial charge in [0.15, 0.2) is 5.12 Å². The third kappa shape index (κ3) is 30.9. The minimum atomic E-state index is -0.639. The molecule has 1 atom stereocenters. The van der Waals surface area contributed by atoms with Crippen molar-refractivity contribution in [1.82, 2.24) is 0 Å². The summed E-state index contributed by atoms with van der Waals surface area (Å²) in [5.74, 6) is 8.25. The van der Waals surface area contributed by atoms with Gasteiger partial charge in [-0.2, -0.15) is 47.0 Å². The lowest BCUT2D eigenvalue weighted by atomic mass is 10.5. The van der Waals surface area contributed by atoms with E-state index in [1.165, 1.54) is 23.5 Å². The lowest BCUT2D eigenvalue weighted by Crippen LogP contribution is -2.05. The first-order valence-corrected chi connectivity index (χ1v) is 23.2. The molecule has 0 aliphatic heterocycles. The number of aliphatic hydroxyl groups excluding tert-OH is 1. The molecule has 0 bridgehead atoms. The summed E-state index contributed by atoms with van der Waals surface area (Å²) in [5.41, 5.74) is 0. The Balaban J connectivity index is 3.27. The van der Waals surface area contributed by atoms with Crippen molar-refractivity contribution < 1.29 is 23.6 Å². The molecule has 36 heavy (non-hydrogen) atoms. The van der Waals surface area contributed by atoms with E-state index in [0.29, 0.717) is 18.8 Å². The summed E-state index contributed by atoms with van der Waals surface area (Å²) in [6.45, 7) is 2.07. The molecule has 0 aromatic carbocycles. The van der Waals surface area contributed by atoms with Crippen molar-refractivity contribution in [3.8, 4) is 0 Å². The maximum Gasteiger partial charge on any atom is 0.307 e. The van der Waals surface area contributed by atoms with E-state index in [1.807, 2.05) is 47.0 Å². The van der Waals surface area contributed by atoms with Gasteiger partial charge in [-0.05, 0) is 6.42 Å². The number of carbonyl (C=O) groups is 2. The van der Waals surface area contributed by atoms with Crippen LogP contribution in [0.15, 0.2) is 0 Å². The molecule has 0 aromatic rings. The second kappa shape index (κ2) is 31.9. The smallest absolute Gasteiger partial charge is 0.307 e. The standard InChI is InChI=1S/C21H40O5S10/c1-2-12-36(25)13-11-32-19-34-18-31-9-10-35-21(24)4-6-30-17-33-16-29-5-3-20(23)26-15-28-8-7-27-14-22/h22H,2-19H2,1H3. The summed E-state index contributed by atoms with van der Waals surface area (Å²) in [4.78, 5) is 23.6. The summed E-state index contributed by atoms with van der Waals surface area (Å²) in [7, 11) is -0.639. The molecule has 0 spiro atoms. The van der Waals surface area contributed by atoms with Crippen LogP contribution >= 0.6 is 106 Å². The summed E-state index contributed by atoms with van der Waals surface area (Å²) in [6.07, 6.45) is 2.06. The topological polar surface area (TPSA) is 80.7 Å². The summed E-state index contributed by atoms with van der Waals surface area (Å²) in [5, 5.41) is 13.0. The number of hydrogen-bond acceptors (Lipinski definition) is 14. The Morgan fingerprint density at radius 1 is 0.694 bits per heavy atom. The Morgan fingerprint density at radius 2 is 1.28 bits per heavy atom. The van der Waals surface area contributed by atoms with Crippen LogP contribution < -0.4 is 0 Å². The predicted octanol–water partition coefficient (Wildman–Crippen LogP) is 6.33. The average Bonchev–Trinajstić information content (AvgIpc) is 2.86. The fourth-order valence-electron chi connectivity index (χ4n) is 2.04. The first kappa shape index (κ1) is 38.4. The van der Waals surface area contributed by atoms with E-state index in [-0.39, 0.29) is 17.0 Å². The zero-order valence-electron chi connectivity index (χ0n) is 20.9. The molecule has 15 heteroatoms. The maximum atomic E-state index is 12.0. The highest BCUT2D eigenvalue weighted by molar-refractivity contribution is 8.23. The maximum absolute atomic E-state index is 12.0. The van der Waals surface area contributed by atoms with Gasteiger partial charge < -0.3 is 9.84 Å². The number of rotatable bonds is 28. The highest BCUT2D eigenvalue weighted by atomic mass is 32.2. The summed E-state index contributed by atoms with van der Waals surface area (Å²) < 4.78 is 16.7. The van der Waals surface area contributed by atoms with E-state index in [1.54, 1.807) is 35.3 Å². The number of esters is 1. The van der Waals surface area contributed by atoms with Crippen molar-refractivity contribution in [2.24, 2.45) is 0 Å². The Morgan fingerprint density at radius 3 is 1.94 bits per heavy atom. The largest absolute Gasteiger partial charge is 0.455 e. The Bertz CT molecular complexity index is 545. The van der Waals surface area contributed by atoms with Crippen molar-refractivity contribution in [2.45, 2.75) is 26.2 Å². The van der Waals surface area contributed by atoms with E-state index >= 15 is 0 Å². The summed E-state index contributed by atoms with van der Waals surface area (Å²) >= 11 is 15.5. The van der Waals surface area contributed by atoms with E-state index in [2.05, 4.69) is 6.92 Å². The van der Waals surface area contributed by atoms with Gasteiger partial charge in [0.05, 0.1) is 12.4 Å². The highest BCUT2D eigenvalue weighted by Gasteiger charge is 2.05. The Kier molecular flexibility index (Phi) is 34.0. The first-order chi connectivity index (χ1) is 17.6.